The van der Waals surface area contributed by atoms with Gasteiger partial charge in [0.15, 0.2) is 11.6 Å². The highest BCUT2D eigenvalue weighted by Gasteiger charge is 2.18. The van der Waals surface area contributed by atoms with Gasteiger partial charge in [-0.25, -0.2) is 4.79 Å². The number of methoxy groups -OCH3 is 1. The second-order valence-electron chi connectivity index (χ2n) is 6.04. The van der Waals surface area contributed by atoms with Crippen molar-refractivity contribution in [3.05, 3.63) is 47.7 Å². The van der Waals surface area contributed by atoms with Crippen LogP contribution in [-0.4, -0.2) is 50.2 Å². The number of hydrogen-bond acceptors (Lipinski definition) is 6. The molecular weight excluding hydrogens is 334 g/mol. The minimum Gasteiger partial charge on any atom is -0.465 e. The van der Waals surface area contributed by atoms with E-state index in [1.165, 1.54) is 7.11 Å². The predicted molar refractivity (Wildman–Crippen MR) is 98.2 cm³/mol. The van der Waals surface area contributed by atoms with Crippen molar-refractivity contribution < 1.29 is 18.7 Å². The van der Waals surface area contributed by atoms with Crippen LogP contribution >= 0.6 is 0 Å². The highest BCUT2D eigenvalue weighted by molar-refractivity contribution is 6.16. The average molecular weight is 353 g/mol. The third-order valence-corrected chi connectivity index (χ3v) is 4.44. The molecule has 7 heteroatoms. The van der Waals surface area contributed by atoms with E-state index < -0.39 is 5.97 Å². The smallest absolute Gasteiger partial charge is 0.338 e. The standard InChI is InChI=1S/C19H19N3O4/c1-24-19(23)15-11-16-14(12-4-2-3-5-13(12)15)10-17(26-16)18(20)21-22-6-8-25-9-7-22/h2-5,10-11H,6-9H2,1H3,(H2,20,21). The largest absolute Gasteiger partial charge is 0.465 e. The molecule has 2 N–H and O–H groups in total. The summed E-state index contributed by atoms with van der Waals surface area (Å²) in [6.07, 6.45) is 0. The Balaban J connectivity index is 1.83. The van der Waals surface area contributed by atoms with Gasteiger partial charge in [-0.05, 0) is 22.9 Å². The fourth-order valence-corrected chi connectivity index (χ4v) is 3.14. The van der Waals surface area contributed by atoms with Gasteiger partial charge >= 0.3 is 5.97 Å². The van der Waals surface area contributed by atoms with E-state index in [1.54, 1.807) is 6.07 Å². The van der Waals surface area contributed by atoms with Crippen molar-refractivity contribution >= 4 is 33.5 Å². The number of carbonyl (C=O) groups is 1. The summed E-state index contributed by atoms with van der Waals surface area (Å²) in [5.74, 6) is 0.362. The average Bonchev–Trinajstić information content (AvgIpc) is 3.12. The summed E-state index contributed by atoms with van der Waals surface area (Å²) in [5.41, 5.74) is 7.17. The number of carbonyl (C=O) groups excluding carboxylic acids is 1. The molecule has 1 fully saturated rings. The van der Waals surface area contributed by atoms with Crippen molar-refractivity contribution in [2.24, 2.45) is 10.8 Å². The Labute approximate surface area is 149 Å². The summed E-state index contributed by atoms with van der Waals surface area (Å²) >= 11 is 0. The first-order valence-electron chi connectivity index (χ1n) is 8.38. The highest BCUT2D eigenvalue weighted by atomic mass is 16.5. The maximum Gasteiger partial charge on any atom is 0.338 e. The first-order valence-corrected chi connectivity index (χ1v) is 8.38. The lowest BCUT2D eigenvalue weighted by Gasteiger charge is -2.23. The molecule has 1 aliphatic rings. The molecule has 0 atom stereocenters. The number of furan rings is 1. The molecule has 4 rings (SSSR count). The minimum absolute atomic E-state index is 0.298. The Morgan fingerprint density at radius 3 is 2.62 bits per heavy atom. The molecule has 2 heterocycles. The van der Waals surface area contributed by atoms with Gasteiger partial charge < -0.3 is 19.6 Å². The first kappa shape index (κ1) is 16.4. The van der Waals surface area contributed by atoms with Gasteiger partial charge in [0, 0.05) is 5.39 Å². The van der Waals surface area contributed by atoms with E-state index in [-0.39, 0.29) is 0 Å². The van der Waals surface area contributed by atoms with Crippen LogP contribution in [0.3, 0.4) is 0 Å². The van der Waals surface area contributed by atoms with E-state index in [0.29, 0.717) is 49.0 Å². The van der Waals surface area contributed by atoms with Crippen molar-refractivity contribution in [2.45, 2.75) is 0 Å². The van der Waals surface area contributed by atoms with Crippen LogP contribution in [0.5, 0.6) is 0 Å². The molecule has 0 aliphatic carbocycles. The number of fused-ring (bicyclic) bond motifs is 3. The normalized spacial score (nSPS) is 15.6. The molecule has 0 saturated carbocycles. The van der Waals surface area contributed by atoms with E-state index in [4.69, 9.17) is 19.6 Å². The van der Waals surface area contributed by atoms with Gasteiger partial charge in [0.05, 0.1) is 39.0 Å². The quantitative estimate of drug-likeness (QED) is 0.441. The SMILES string of the molecule is COC(=O)c1cc2oc(/C(N)=N\N3CCOCC3)cc2c2ccccc12. The number of esters is 1. The maximum absolute atomic E-state index is 12.1. The summed E-state index contributed by atoms with van der Waals surface area (Å²) in [6, 6.07) is 11.2. The van der Waals surface area contributed by atoms with Crippen LogP contribution in [0.15, 0.2) is 45.9 Å². The van der Waals surface area contributed by atoms with Gasteiger partial charge in [0.25, 0.3) is 0 Å². The van der Waals surface area contributed by atoms with Crippen molar-refractivity contribution in [3.63, 3.8) is 0 Å². The van der Waals surface area contributed by atoms with Crippen molar-refractivity contribution in [1.29, 1.82) is 0 Å². The van der Waals surface area contributed by atoms with Crippen LogP contribution in [0.2, 0.25) is 0 Å². The van der Waals surface area contributed by atoms with Crippen LogP contribution in [0.4, 0.5) is 0 Å². The second-order valence-corrected chi connectivity index (χ2v) is 6.04. The van der Waals surface area contributed by atoms with Crippen LogP contribution in [0.25, 0.3) is 21.7 Å². The molecule has 0 amide bonds. The van der Waals surface area contributed by atoms with E-state index in [0.717, 1.165) is 16.2 Å². The third kappa shape index (κ3) is 2.86. The predicted octanol–water partition coefficient (Wildman–Crippen LogP) is 2.33. The van der Waals surface area contributed by atoms with E-state index in [2.05, 4.69) is 5.10 Å². The van der Waals surface area contributed by atoms with Gasteiger partial charge in [-0.15, -0.1) is 0 Å². The van der Waals surface area contributed by atoms with Gasteiger partial charge in [-0.1, -0.05) is 24.3 Å². The Kier molecular flexibility index (Phi) is 4.22. The summed E-state index contributed by atoms with van der Waals surface area (Å²) < 4.78 is 16.1. The fraction of sp³-hybridized carbons (Fsp3) is 0.263. The third-order valence-electron chi connectivity index (χ3n) is 4.44. The fourth-order valence-electron chi connectivity index (χ4n) is 3.14. The molecule has 26 heavy (non-hydrogen) atoms. The lowest BCUT2D eigenvalue weighted by atomic mass is 10.0. The lowest BCUT2D eigenvalue weighted by Crippen LogP contribution is -2.34. The van der Waals surface area contributed by atoms with E-state index in [9.17, 15) is 4.79 Å². The Hall–Kier alpha value is -3.06. The van der Waals surface area contributed by atoms with Crippen molar-refractivity contribution in [1.82, 2.24) is 5.01 Å². The number of morpholine rings is 1. The van der Waals surface area contributed by atoms with Crippen LogP contribution in [0, 0.1) is 0 Å². The molecule has 1 aliphatic heterocycles. The Morgan fingerprint density at radius 2 is 1.88 bits per heavy atom. The van der Waals surface area contributed by atoms with Crippen LogP contribution in [-0.2, 0) is 9.47 Å². The minimum atomic E-state index is -0.406. The van der Waals surface area contributed by atoms with Crippen molar-refractivity contribution in [2.75, 3.05) is 33.4 Å². The molecule has 0 radical (unpaired) electrons. The molecule has 1 aromatic heterocycles. The zero-order valence-corrected chi connectivity index (χ0v) is 14.4. The molecule has 0 unspecified atom stereocenters. The van der Waals surface area contributed by atoms with Gasteiger partial charge in [-0.2, -0.15) is 5.10 Å². The highest BCUT2D eigenvalue weighted by Crippen LogP contribution is 2.31. The van der Waals surface area contributed by atoms with E-state index in [1.807, 2.05) is 35.3 Å². The zero-order valence-electron chi connectivity index (χ0n) is 14.4. The summed E-state index contributed by atoms with van der Waals surface area (Å²) in [4.78, 5) is 12.1. The van der Waals surface area contributed by atoms with Gasteiger partial charge in [0.2, 0.25) is 0 Å². The molecule has 0 bridgehead atoms. The number of hydrogen-bond donors (Lipinski definition) is 1. The van der Waals surface area contributed by atoms with Crippen molar-refractivity contribution in [3.8, 4) is 0 Å². The Bertz CT molecular complexity index is 1000. The number of amidine groups is 1. The number of hydrazone groups is 1. The summed E-state index contributed by atoms with van der Waals surface area (Å²) in [7, 11) is 1.36. The summed E-state index contributed by atoms with van der Waals surface area (Å²) in [5, 5.41) is 8.87. The number of ether oxygens (including phenoxy) is 2. The number of rotatable bonds is 3. The lowest BCUT2D eigenvalue weighted by molar-refractivity contribution is 0.0392. The number of benzene rings is 2. The zero-order chi connectivity index (χ0) is 18.1. The van der Waals surface area contributed by atoms with Gasteiger partial charge in [-0.3, -0.25) is 5.01 Å². The number of nitrogens with two attached hydrogens (primary N) is 1. The molecule has 7 nitrogen and oxygen atoms in total. The molecule has 2 aromatic carbocycles. The van der Waals surface area contributed by atoms with Gasteiger partial charge in [0.1, 0.15) is 5.58 Å². The van der Waals surface area contributed by atoms with E-state index >= 15 is 0 Å². The second kappa shape index (κ2) is 6.68. The number of nitrogens with zero attached hydrogens (tertiary/aromatic N) is 2. The first-order chi connectivity index (χ1) is 12.7. The van der Waals surface area contributed by atoms with Crippen LogP contribution < -0.4 is 5.73 Å². The molecule has 3 aromatic rings. The summed E-state index contributed by atoms with van der Waals surface area (Å²) in [6.45, 7) is 2.64. The monoisotopic (exact) mass is 353 g/mol. The topological polar surface area (TPSA) is 90.3 Å². The molecule has 134 valence electrons. The Morgan fingerprint density at radius 1 is 1.15 bits per heavy atom. The molecule has 0 spiro atoms. The molecular formula is C19H19N3O4. The molecule has 1 saturated heterocycles. The van der Waals surface area contributed by atoms with Crippen LogP contribution in [0.1, 0.15) is 16.1 Å². The maximum atomic E-state index is 12.1.